The number of hydrogen-bond acceptors (Lipinski definition) is 4. The van der Waals surface area contributed by atoms with Crippen LogP contribution in [-0.2, 0) is 11.2 Å². The summed E-state index contributed by atoms with van der Waals surface area (Å²) in [5.41, 5.74) is 7.38. The number of thiazole rings is 1. The summed E-state index contributed by atoms with van der Waals surface area (Å²) in [6.07, 6.45) is 1.10. The maximum absolute atomic E-state index is 12.0. The van der Waals surface area contributed by atoms with Crippen molar-refractivity contribution in [2.75, 3.05) is 5.73 Å². The van der Waals surface area contributed by atoms with Crippen LogP contribution in [0.4, 0.5) is 5.13 Å². The van der Waals surface area contributed by atoms with E-state index >= 15 is 0 Å². The number of halogens is 1. The Kier molecular flexibility index (Phi) is 5.14. The minimum Gasteiger partial charge on any atom is -0.375 e. The number of carbonyl (C=O) groups is 1. The fraction of sp³-hybridized carbons (Fsp3) is 0.286. The average Bonchev–Trinajstić information content (AvgIpc) is 2.82. The van der Waals surface area contributed by atoms with E-state index in [2.05, 4.69) is 26.2 Å². The first kappa shape index (κ1) is 15.0. The van der Waals surface area contributed by atoms with Gasteiger partial charge in [-0.05, 0) is 24.1 Å². The molecule has 4 nitrogen and oxygen atoms in total. The zero-order chi connectivity index (χ0) is 14.5. The molecule has 6 heteroatoms. The Labute approximate surface area is 130 Å². The number of nitrogens with two attached hydrogens (primary N) is 1. The first-order chi connectivity index (χ1) is 9.58. The summed E-state index contributed by atoms with van der Waals surface area (Å²) in [6, 6.07) is 8.00. The van der Waals surface area contributed by atoms with Crippen molar-refractivity contribution in [3.63, 3.8) is 0 Å². The minimum atomic E-state index is -0.0370. The maximum atomic E-state index is 12.0. The van der Waals surface area contributed by atoms with Gasteiger partial charge in [0, 0.05) is 9.85 Å². The van der Waals surface area contributed by atoms with Crippen molar-refractivity contribution in [1.82, 2.24) is 10.3 Å². The lowest BCUT2D eigenvalue weighted by Gasteiger charge is -2.17. The van der Waals surface area contributed by atoms with Crippen molar-refractivity contribution in [2.45, 2.75) is 25.8 Å². The molecule has 0 fully saturated rings. The molecule has 0 bridgehead atoms. The van der Waals surface area contributed by atoms with Crippen LogP contribution in [-0.4, -0.2) is 10.9 Å². The highest BCUT2D eigenvalue weighted by Crippen LogP contribution is 2.20. The number of hydrogen-bond donors (Lipinski definition) is 2. The van der Waals surface area contributed by atoms with Crippen LogP contribution < -0.4 is 11.1 Å². The van der Waals surface area contributed by atoms with Gasteiger partial charge < -0.3 is 11.1 Å². The predicted octanol–water partition coefficient (Wildman–Crippen LogP) is 3.30. The number of amides is 1. The zero-order valence-electron chi connectivity index (χ0n) is 11.1. The molecule has 3 N–H and O–H groups in total. The second-order valence-electron chi connectivity index (χ2n) is 4.43. The number of carbonyl (C=O) groups excluding carboxylic acids is 1. The van der Waals surface area contributed by atoms with Gasteiger partial charge in [0.1, 0.15) is 0 Å². The van der Waals surface area contributed by atoms with Gasteiger partial charge in [-0.3, -0.25) is 4.79 Å². The molecule has 1 atom stereocenters. The van der Waals surface area contributed by atoms with Gasteiger partial charge in [0.2, 0.25) is 5.91 Å². The molecule has 2 rings (SSSR count). The van der Waals surface area contributed by atoms with E-state index < -0.39 is 0 Å². The number of benzene rings is 1. The first-order valence-electron chi connectivity index (χ1n) is 6.33. The number of anilines is 1. The van der Waals surface area contributed by atoms with E-state index in [1.165, 1.54) is 11.3 Å². The van der Waals surface area contributed by atoms with E-state index in [0.717, 1.165) is 22.2 Å². The molecule has 0 aliphatic heterocycles. The molecule has 20 heavy (non-hydrogen) atoms. The Hall–Kier alpha value is -1.40. The molecule has 0 saturated heterocycles. The van der Waals surface area contributed by atoms with Crippen LogP contribution in [0.5, 0.6) is 0 Å². The molecule has 0 spiro atoms. The maximum Gasteiger partial charge on any atom is 0.226 e. The third-order valence-corrected chi connectivity index (χ3v) is 4.18. The zero-order valence-corrected chi connectivity index (χ0v) is 13.5. The summed E-state index contributed by atoms with van der Waals surface area (Å²) in [5.74, 6) is -0.0370. The highest BCUT2D eigenvalue weighted by atomic mass is 79.9. The predicted molar refractivity (Wildman–Crippen MR) is 85.5 cm³/mol. The summed E-state index contributed by atoms with van der Waals surface area (Å²) >= 11 is 4.76. The van der Waals surface area contributed by atoms with Crippen molar-refractivity contribution >= 4 is 38.3 Å². The lowest BCUT2D eigenvalue weighted by molar-refractivity contribution is -0.121. The van der Waals surface area contributed by atoms with Gasteiger partial charge in [0.25, 0.3) is 0 Å². The summed E-state index contributed by atoms with van der Waals surface area (Å²) in [4.78, 5) is 16.1. The topological polar surface area (TPSA) is 68.0 Å². The Morgan fingerprint density at radius 1 is 1.45 bits per heavy atom. The van der Waals surface area contributed by atoms with E-state index in [1.807, 2.05) is 36.6 Å². The smallest absolute Gasteiger partial charge is 0.226 e. The highest BCUT2D eigenvalue weighted by molar-refractivity contribution is 9.10. The number of aromatic nitrogens is 1. The summed E-state index contributed by atoms with van der Waals surface area (Å²) in [7, 11) is 0. The van der Waals surface area contributed by atoms with Crippen molar-refractivity contribution in [1.29, 1.82) is 0 Å². The van der Waals surface area contributed by atoms with Crippen molar-refractivity contribution in [3.05, 3.63) is 45.4 Å². The first-order valence-corrected chi connectivity index (χ1v) is 8.00. The molecule has 106 valence electrons. The number of nitrogen functional groups attached to an aromatic ring is 1. The van der Waals surface area contributed by atoms with E-state index in [-0.39, 0.29) is 18.4 Å². The monoisotopic (exact) mass is 353 g/mol. The molecular weight excluding hydrogens is 338 g/mol. The fourth-order valence-corrected chi connectivity index (χ4v) is 2.76. The Balaban J connectivity index is 1.99. The Bertz CT molecular complexity index is 582. The van der Waals surface area contributed by atoms with Gasteiger partial charge in [-0.15, -0.1) is 11.3 Å². The molecule has 1 unspecified atom stereocenters. The van der Waals surface area contributed by atoms with Gasteiger partial charge >= 0.3 is 0 Å². The van der Waals surface area contributed by atoms with E-state index in [0.29, 0.717) is 5.13 Å². The number of nitrogens with one attached hydrogen (secondary N) is 1. The largest absolute Gasteiger partial charge is 0.375 e. The van der Waals surface area contributed by atoms with Crippen molar-refractivity contribution in [2.24, 2.45) is 0 Å². The van der Waals surface area contributed by atoms with Gasteiger partial charge in [0.15, 0.2) is 5.13 Å². The quantitative estimate of drug-likeness (QED) is 0.866. The van der Waals surface area contributed by atoms with Crippen molar-refractivity contribution < 1.29 is 4.79 Å². The molecule has 1 aromatic heterocycles. The van der Waals surface area contributed by atoms with Gasteiger partial charge in [-0.2, -0.15) is 0 Å². The van der Waals surface area contributed by atoms with Gasteiger partial charge in [0.05, 0.1) is 18.2 Å². The summed E-state index contributed by atoms with van der Waals surface area (Å²) in [6.45, 7) is 2.05. The lowest BCUT2D eigenvalue weighted by atomic mass is 10.0. The molecule has 1 amide bonds. The van der Waals surface area contributed by atoms with E-state index in [4.69, 9.17) is 5.73 Å². The van der Waals surface area contributed by atoms with Crippen LogP contribution >= 0.6 is 27.3 Å². The average molecular weight is 354 g/mol. The van der Waals surface area contributed by atoms with Crippen molar-refractivity contribution in [3.8, 4) is 0 Å². The van der Waals surface area contributed by atoms with Gasteiger partial charge in [-0.1, -0.05) is 35.0 Å². The minimum absolute atomic E-state index is 0.0200. The van der Waals surface area contributed by atoms with Crippen LogP contribution in [0, 0.1) is 0 Å². The van der Waals surface area contributed by atoms with Gasteiger partial charge in [-0.25, -0.2) is 4.98 Å². The normalized spacial score (nSPS) is 12.1. The van der Waals surface area contributed by atoms with Crippen LogP contribution in [0.3, 0.4) is 0 Å². The molecule has 0 saturated carbocycles. The third kappa shape index (κ3) is 4.05. The van der Waals surface area contributed by atoms with E-state index in [9.17, 15) is 4.79 Å². The third-order valence-electron chi connectivity index (χ3n) is 2.93. The molecule has 2 aromatic rings. The molecule has 0 aliphatic carbocycles. The summed E-state index contributed by atoms with van der Waals surface area (Å²) < 4.78 is 1.03. The van der Waals surface area contributed by atoms with Crippen LogP contribution in [0.25, 0.3) is 0 Å². The van der Waals surface area contributed by atoms with E-state index in [1.54, 1.807) is 0 Å². The second kappa shape index (κ2) is 6.85. The SMILES string of the molecule is CCC(NC(=O)Cc1csc(N)n1)c1ccc(Br)cc1. The second-order valence-corrected chi connectivity index (χ2v) is 6.24. The van der Waals surface area contributed by atoms with Crippen LogP contribution in [0.1, 0.15) is 30.6 Å². The summed E-state index contributed by atoms with van der Waals surface area (Å²) in [5, 5.41) is 5.34. The van der Waals surface area contributed by atoms with Crippen LogP contribution in [0.15, 0.2) is 34.1 Å². The Morgan fingerprint density at radius 2 is 2.15 bits per heavy atom. The molecular formula is C14H16BrN3OS. The standard InChI is InChI=1S/C14H16BrN3OS/c1-2-12(9-3-5-10(15)6-4-9)18-13(19)7-11-8-20-14(16)17-11/h3-6,8,12H,2,7H2,1H3,(H2,16,17)(H,18,19). The highest BCUT2D eigenvalue weighted by Gasteiger charge is 2.14. The van der Waals surface area contributed by atoms with Crippen LogP contribution in [0.2, 0.25) is 0 Å². The lowest BCUT2D eigenvalue weighted by Crippen LogP contribution is -2.29. The number of nitrogens with zero attached hydrogens (tertiary/aromatic N) is 1. The Morgan fingerprint density at radius 3 is 2.70 bits per heavy atom. The molecule has 1 heterocycles. The fourth-order valence-electron chi connectivity index (χ4n) is 1.93. The molecule has 0 radical (unpaired) electrons. The molecule has 0 aliphatic rings. The number of rotatable bonds is 5. The molecule has 1 aromatic carbocycles.